The molecule has 0 saturated carbocycles. The van der Waals surface area contributed by atoms with Crippen LogP contribution in [0.3, 0.4) is 0 Å². The normalized spacial score (nSPS) is 15.5. The first-order valence-corrected chi connectivity index (χ1v) is 10.7. The van der Waals surface area contributed by atoms with Crippen molar-refractivity contribution in [1.82, 2.24) is 4.90 Å². The Kier molecular flexibility index (Phi) is 5.83. The lowest BCUT2D eigenvalue weighted by atomic mass is 9.97. The Hall–Kier alpha value is -3.12. The monoisotopic (exact) mass is 421 g/mol. The third-order valence-corrected chi connectivity index (χ3v) is 5.62. The quantitative estimate of drug-likeness (QED) is 0.621. The van der Waals surface area contributed by atoms with E-state index in [0.717, 1.165) is 28.9 Å². The zero-order valence-corrected chi connectivity index (χ0v) is 18.1. The number of aryl methyl sites for hydroxylation is 2. The predicted molar refractivity (Wildman–Crippen MR) is 119 cm³/mol. The standard InChI is InChI=1S/C25H27NO5/c1-4-12-30-18-8-6-17(7-9-18)21-20-22(28)19-14-15(2)13-16(3)23(19)31-24(20)25(29)26(21)10-5-11-27/h6-9,13-14,21,27H,4-5,10-12H2,1-3H3. The molecule has 2 heterocycles. The van der Waals surface area contributed by atoms with Crippen LogP contribution in [0.2, 0.25) is 0 Å². The first-order valence-electron chi connectivity index (χ1n) is 10.7. The lowest BCUT2D eigenvalue weighted by Crippen LogP contribution is -2.31. The van der Waals surface area contributed by atoms with Gasteiger partial charge in [-0.1, -0.05) is 25.1 Å². The molecule has 1 aliphatic heterocycles. The highest BCUT2D eigenvalue weighted by atomic mass is 16.5. The number of aliphatic hydroxyl groups is 1. The number of nitrogens with zero attached hydrogens (tertiary/aromatic N) is 1. The molecular formula is C25H27NO5. The molecule has 1 N–H and O–H groups in total. The van der Waals surface area contributed by atoms with E-state index in [1.54, 1.807) is 4.90 Å². The lowest BCUT2D eigenvalue weighted by molar-refractivity contribution is 0.0716. The van der Waals surface area contributed by atoms with Gasteiger partial charge >= 0.3 is 0 Å². The van der Waals surface area contributed by atoms with Crippen LogP contribution in [0.4, 0.5) is 0 Å². The average Bonchev–Trinajstić information content (AvgIpc) is 3.04. The number of rotatable bonds is 7. The smallest absolute Gasteiger partial charge is 0.290 e. The summed E-state index contributed by atoms with van der Waals surface area (Å²) in [6.07, 6.45) is 1.33. The summed E-state index contributed by atoms with van der Waals surface area (Å²) >= 11 is 0. The lowest BCUT2D eigenvalue weighted by Gasteiger charge is -2.25. The Bertz CT molecular complexity index is 1180. The van der Waals surface area contributed by atoms with Crippen LogP contribution in [0, 0.1) is 13.8 Å². The number of benzene rings is 2. The summed E-state index contributed by atoms with van der Waals surface area (Å²) in [5, 5.41) is 9.83. The van der Waals surface area contributed by atoms with Gasteiger partial charge in [0, 0.05) is 13.2 Å². The molecule has 1 atom stereocenters. The molecule has 0 bridgehead atoms. The van der Waals surface area contributed by atoms with Crippen LogP contribution in [0.25, 0.3) is 11.0 Å². The van der Waals surface area contributed by atoms with Gasteiger partial charge in [-0.05, 0) is 61.6 Å². The number of fused-ring (bicyclic) bond motifs is 2. The molecule has 6 heteroatoms. The Balaban J connectivity index is 1.88. The fourth-order valence-electron chi connectivity index (χ4n) is 4.26. The van der Waals surface area contributed by atoms with E-state index < -0.39 is 6.04 Å². The highest BCUT2D eigenvalue weighted by Crippen LogP contribution is 2.39. The number of aliphatic hydroxyl groups excluding tert-OH is 1. The van der Waals surface area contributed by atoms with Crippen LogP contribution >= 0.6 is 0 Å². The maximum atomic E-state index is 13.6. The maximum absolute atomic E-state index is 13.6. The molecule has 162 valence electrons. The molecule has 1 amide bonds. The Morgan fingerprint density at radius 2 is 1.87 bits per heavy atom. The van der Waals surface area contributed by atoms with Crippen LogP contribution in [-0.2, 0) is 0 Å². The van der Waals surface area contributed by atoms with E-state index in [1.807, 2.05) is 57.2 Å². The number of carbonyl (C=O) groups excluding carboxylic acids is 1. The topological polar surface area (TPSA) is 80.0 Å². The van der Waals surface area contributed by atoms with Crippen molar-refractivity contribution in [1.29, 1.82) is 0 Å². The zero-order valence-electron chi connectivity index (χ0n) is 18.1. The summed E-state index contributed by atoms with van der Waals surface area (Å²) in [5.74, 6) is 0.520. The summed E-state index contributed by atoms with van der Waals surface area (Å²) < 4.78 is 11.7. The first kappa shape index (κ1) is 21.1. The molecule has 1 unspecified atom stereocenters. The third-order valence-electron chi connectivity index (χ3n) is 5.62. The van der Waals surface area contributed by atoms with Gasteiger partial charge in [0.05, 0.1) is 23.6 Å². The predicted octanol–water partition coefficient (Wildman–Crippen LogP) is 4.13. The molecule has 31 heavy (non-hydrogen) atoms. The first-order chi connectivity index (χ1) is 15.0. The van der Waals surface area contributed by atoms with Crippen LogP contribution in [0.5, 0.6) is 5.75 Å². The van der Waals surface area contributed by atoms with Crippen molar-refractivity contribution in [3.05, 3.63) is 74.6 Å². The molecule has 0 spiro atoms. The van der Waals surface area contributed by atoms with E-state index in [2.05, 4.69) is 0 Å². The van der Waals surface area contributed by atoms with Gasteiger partial charge in [0.25, 0.3) is 5.91 Å². The fraction of sp³-hybridized carbons (Fsp3) is 0.360. The van der Waals surface area contributed by atoms with E-state index in [0.29, 0.717) is 36.1 Å². The third kappa shape index (κ3) is 3.72. The van der Waals surface area contributed by atoms with Gasteiger partial charge in [0.1, 0.15) is 11.3 Å². The maximum Gasteiger partial charge on any atom is 0.290 e. The SMILES string of the molecule is CCCOc1ccc(C2c3c(oc4c(C)cc(C)cc4c3=O)C(=O)N2CCCO)cc1. The highest BCUT2D eigenvalue weighted by molar-refractivity contribution is 5.99. The van der Waals surface area contributed by atoms with Crippen LogP contribution in [0.1, 0.15) is 58.6 Å². The van der Waals surface area contributed by atoms with Crippen LogP contribution in [-0.4, -0.2) is 35.7 Å². The Morgan fingerprint density at radius 3 is 2.55 bits per heavy atom. The Labute approximate surface area is 181 Å². The van der Waals surface area contributed by atoms with E-state index in [-0.39, 0.29) is 23.7 Å². The highest BCUT2D eigenvalue weighted by Gasteiger charge is 2.42. The van der Waals surface area contributed by atoms with Crippen molar-refractivity contribution in [2.24, 2.45) is 0 Å². The van der Waals surface area contributed by atoms with E-state index in [4.69, 9.17) is 9.15 Å². The number of ether oxygens (including phenoxy) is 1. The number of carbonyl (C=O) groups is 1. The minimum absolute atomic E-state index is 0.0434. The Morgan fingerprint density at radius 1 is 1.13 bits per heavy atom. The number of hydrogen-bond donors (Lipinski definition) is 1. The molecule has 6 nitrogen and oxygen atoms in total. The summed E-state index contributed by atoms with van der Waals surface area (Å²) in [7, 11) is 0. The van der Waals surface area contributed by atoms with Crippen molar-refractivity contribution in [3.8, 4) is 5.75 Å². The van der Waals surface area contributed by atoms with Crippen molar-refractivity contribution >= 4 is 16.9 Å². The van der Waals surface area contributed by atoms with Gasteiger partial charge in [0.15, 0.2) is 5.43 Å². The average molecular weight is 421 g/mol. The molecular weight excluding hydrogens is 394 g/mol. The summed E-state index contributed by atoms with van der Waals surface area (Å²) in [6.45, 7) is 6.76. The minimum Gasteiger partial charge on any atom is -0.494 e. The van der Waals surface area contributed by atoms with Gasteiger partial charge in [-0.25, -0.2) is 0 Å². The number of hydrogen-bond acceptors (Lipinski definition) is 5. The van der Waals surface area contributed by atoms with Crippen molar-refractivity contribution < 1.29 is 19.1 Å². The fourth-order valence-corrected chi connectivity index (χ4v) is 4.26. The zero-order chi connectivity index (χ0) is 22.1. The second-order valence-corrected chi connectivity index (χ2v) is 8.03. The number of amides is 1. The largest absolute Gasteiger partial charge is 0.494 e. The molecule has 0 radical (unpaired) electrons. The van der Waals surface area contributed by atoms with E-state index in [1.165, 1.54) is 0 Å². The second-order valence-electron chi connectivity index (χ2n) is 8.03. The molecule has 1 aromatic heterocycles. The van der Waals surface area contributed by atoms with Crippen molar-refractivity contribution in [2.45, 2.75) is 39.7 Å². The summed E-state index contributed by atoms with van der Waals surface area (Å²) in [5.41, 5.74) is 3.23. The van der Waals surface area contributed by atoms with Gasteiger partial charge < -0.3 is 19.2 Å². The van der Waals surface area contributed by atoms with Crippen molar-refractivity contribution in [2.75, 3.05) is 19.8 Å². The van der Waals surface area contributed by atoms with Crippen LogP contribution in [0.15, 0.2) is 45.6 Å². The van der Waals surface area contributed by atoms with Gasteiger partial charge in [-0.15, -0.1) is 0 Å². The molecule has 3 aromatic rings. The van der Waals surface area contributed by atoms with Gasteiger partial charge in [0.2, 0.25) is 5.76 Å². The van der Waals surface area contributed by atoms with Gasteiger partial charge in [-0.3, -0.25) is 9.59 Å². The molecule has 0 saturated heterocycles. The second kappa shape index (κ2) is 8.55. The van der Waals surface area contributed by atoms with Crippen LogP contribution < -0.4 is 10.2 Å². The van der Waals surface area contributed by atoms with E-state index in [9.17, 15) is 14.7 Å². The molecule has 0 fully saturated rings. The molecule has 4 rings (SSSR count). The summed E-state index contributed by atoms with van der Waals surface area (Å²) in [4.78, 5) is 28.4. The van der Waals surface area contributed by atoms with Crippen molar-refractivity contribution in [3.63, 3.8) is 0 Å². The summed E-state index contributed by atoms with van der Waals surface area (Å²) in [6, 6.07) is 10.7. The van der Waals surface area contributed by atoms with E-state index >= 15 is 0 Å². The molecule has 1 aliphatic rings. The minimum atomic E-state index is -0.559. The molecule has 2 aromatic carbocycles. The molecule has 0 aliphatic carbocycles. The van der Waals surface area contributed by atoms with Gasteiger partial charge in [-0.2, -0.15) is 0 Å².